The highest BCUT2D eigenvalue weighted by atomic mass is 16.9. The Labute approximate surface area is 268 Å². The van der Waals surface area contributed by atoms with Gasteiger partial charge in [-0.05, 0) is 38.5 Å². The molecule has 0 amide bonds. The number of ether oxygens (including phenoxy) is 4. The Morgan fingerprint density at radius 2 is 0.932 bits per heavy atom. The predicted octanol–water partition coefficient (Wildman–Crippen LogP) is 8.82. The average molecular weight is 623 g/mol. The van der Waals surface area contributed by atoms with Crippen LogP contribution in [0.4, 0.5) is 0 Å². The summed E-state index contributed by atoms with van der Waals surface area (Å²) in [6.45, 7) is 3.13. The number of esters is 1. The van der Waals surface area contributed by atoms with Gasteiger partial charge in [0.15, 0.2) is 6.10 Å². The molecule has 3 aliphatic rings. The van der Waals surface area contributed by atoms with E-state index in [1.54, 1.807) is 0 Å². The van der Waals surface area contributed by atoms with Crippen molar-refractivity contribution in [3.05, 3.63) is 12.7 Å². The summed E-state index contributed by atoms with van der Waals surface area (Å²) in [4.78, 5) is 13.1. The molecule has 44 heavy (non-hydrogen) atoms. The second kappa shape index (κ2) is 22.5. The summed E-state index contributed by atoms with van der Waals surface area (Å²) in [5.41, 5.74) is 0. The lowest BCUT2D eigenvalue weighted by Crippen LogP contribution is -2.61. The number of hydrogen-bond acceptors (Lipinski definition) is 7. The van der Waals surface area contributed by atoms with E-state index in [0.717, 1.165) is 122 Å². The molecule has 3 aliphatic carbocycles. The first-order valence-corrected chi connectivity index (χ1v) is 18.7. The van der Waals surface area contributed by atoms with Gasteiger partial charge in [0, 0.05) is 6.08 Å². The summed E-state index contributed by atoms with van der Waals surface area (Å²) >= 11 is 0. The highest BCUT2D eigenvalue weighted by Crippen LogP contribution is 2.36. The number of aliphatic hydroxyl groups is 2. The monoisotopic (exact) mass is 622 g/mol. The second-order valence-electron chi connectivity index (χ2n) is 13.8. The van der Waals surface area contributed by atoms with Gasteiger partial charge in [0.25, 0.3) is 0 Å². The fourth-order valence-corrected chi connectivity index (χ4v) is 7.32. The molecule has 0 heterocycles. The summed E-state index contributed by atoms with van der Waals surface area (Å²) in [7, 11) is 0. The van der Waals surface area contributed by atoms with Crippen LogP contribution < -0.4 is 0 Å². The SMILES string of the molecule is C=CC(=O)OC(OC1CCCCCCCCC1)(OC1CCCCCCCCC1)C(OC1CCCCCCCCC1)C(O)CO. The van der Waals surface area contributed by atoms with Crippen LogP contribution in [0, 0.1) is 0 Å². The maximum Gasteiger partial charge on any atom is 0.360 e. The van der Waals surface area contributed by atoms with Gasteiger partial charge in [-0.15, -0.1) is 0 Å². The summed E-state index contributed by atoms with van der Waals surface area (Å²) in [6, 6.07) is 0. The quantitative estimate of drug-likeness (QED) is 0.135. The minimum absolute atomic E-state index is 0.151. The first-order valence-electron chi connectivity index (χ1n) is 18.7. The second-order valence-corrected chi connectivity index (χ2v) is 13.8. The Morgan fingerprint density at radius 3 is 1.25 bits per heavy atom. The fourth-order valence-electron chi connectivity index (χ4n) is 7.32. The smallest absolute Gasteiger partial charge is 0.360 e. The zero-order valence-corrected chi connectivity index (χ0v) is 27.9. The zero-order chi connectivity index (χ0) is 31.3. The van der Waals surface area contributed by atoms with Crippen molar-refractivity contribution in [3.63, 3.8) is 0 Å². The molecule has 2 atom stereocenters. The van der Waals surface area contributed by atoms with Crippen molar-refractivity contribution in [2.45, 2.75) is 210 Å². The Kier molecular flexibility index (Phi) is 19.2. The molecule has 0 radical (unpaired) electrons. The van der Waals surface area contributed by atoms with Crippen molar-refractivity contribution in [2.24, 2.45) is 0 Å². The first-order chi connectivity index (χ1) is 21.6. The van der Waals surface area contributed by atoms with Crippen molar-refractivity contribution in [1.29, 1.82) is 0 Å². The Balaban J connectivity index is 1.99. The van der Waals surface area contributed by atoms with Gasteiger partial charge in [0.2, 0.25) is 0 Å². The standard InChI is InChI=1S/C37H66O7/c1-2-35(40)44-37(42-32-26-20-14-8-4-9-15-21-27-32,43-33-28-22-16-10-5-11-17-23-29-33)36(34(39)30-38)41-31-24-18-12-6-3-7-13-19-25-31/h2,31-34,36,38-39H,1,3-30H2. The van der Waals surface area contributed by atoms with E-state index in [0.29, 0.717) is 0 Å². The van der Waals surface area contributed by atoms with Gasteiger partial charge in [-0.25, -0.2) is 4.79 Å². The van der Waals surface area contributed by atoms with Crippen LogP contribution in [0.25, 0.3) is 0 Å². The Bertz CT molecular complexity index is 700. The van der Waals surface area contributed by atoms with Crippen molar-refractivity contribution < 1.29 is 34.0 Å². The molecule has 3 saturated carbocycles. The number of carbonyl (C=O) groups is 1. The van der Waals surface area contributed by atoms with Gasteiger partial charge in [0.05, 0.1) is 24.9 Å². The maximum atomic E-state index is 13.1. The predicted molar refractivity (Wildman–Crippen MR) is 175 cm³/mol. The first kappa shape index (κ1) is 37.5. The van der Waals surface area contributed by atoms with Crippen LogP contribution >= 0.6 is 0 Å². The molecule has 3 rings (SSSR count). The fraction of sp³-hybridized carbons (Fsp3) is 0.919. The van der Waals surface area contributed by atoms with Gasteiger partial charge in [0.1, 0.15) is 6.10 Å². The molecule has 0 aliphatic heterocycles. The van der Waals surface area contributed by atoms with E-state index in [9.17, 15) is 15.0 Å². The van der Waals surface area contributed by atoms with Crippen molar-refractivity contribution in [2.75, 3.05) is 6.61 Å². The van der Waals surface area contributed by atoms with Crippen LogP contribution in [0.15, 0.2) is 12.7 Å². The number of rotatable bonds is 11. The molecule has 3 fully saturated rings. The molecule has 7 nitrogen and oxygen atoms in total. The number of hydrogen-bond donors (Lipinski definition) is 2. The normalized spacial score (nSPS) is 24.0. The Morgan fingerprint density at radius 1 is 0.614 bits per heavy atom. The largest absolute Gasteiger partial charge is 0.402 e. The van der Waals surface area contributed by atoms with E-state index < -0.39 is 30.8 Å². The maximum absolute atomic E-state index is 13.1. The highest BCUT2D eigenvalue weighted by Gasteiger charge is 2.53. The molecule has 0 aromatic rings. The van der Waals surface area contributed by atoms with Gasteiger partial charge in [-0.3, -0.25) is 0 Å². The number of carbonyl (C=O) groups excluding carboxylic acids is 1. The summed E-state index contributed by atoms with van der Waals surface area (Å²) < 4.78 is 26.8. The molecule has 2 unspecified atom stereocenters. The van der Waals surface area contributed by atoms with Crippen LogP contribution in [-0.2, 0) is 23.7 Å². The minimum Gasteiger partial charge on any atom is -0.402 e. The number of aliphatic hydroxyl groups excluding tert-OH is 2. The van der Waals surface area contributed by atoms with Gasteiger partial charge in [-0.1, -0.05) is 141 Å². The van der Waals surface area contributed by atoms with E-state index in [1.165, 1.54) is 57.8 Å². The van der Waals surface area contributed by atoms with E-state index >= 15 is 0 Å². The van der Waals surface area contributed by atoms with Crippen LogP contribution in [0.5, 0.6) is 0 Å². The highest BCUT2D eigenvalue weighted by molar-refractivity contribution is 5.81. The van der Waals surface area contributed by atoms with Crippen molar-refractivity contribution >= 4 is 5.97 Å². The lowest BCUT2D eigenvalue weighted by Gasteiger charge is -2.45. The van der Waals surface area contributed by atoms with Crippen LogP contribution in [0.2, 0.25) is 0 Å². The van der Waals surface area contributed by atoms with E-state index in [2.05, 4.69) is 6.58 Å². The zero-order valence-electron chi connectivity index (χ0n) is 27.9. The molecule has 2 N–H and O–H groups in total. The minimum atomic E-state index is -1.98. The molecule has 0 aromatic carbocycles. The van der Waals surface area contributed by atoms with Crippen LogP contribution in [0.1, 0.15) is 173 Å². The topological polar surface area (TPSA) is 94.5 Å². The molecule has 0 spiro atoms. The van der Waals surface area contributed by atoms with Crippen molar-refractivity contribution in [3.8, 4) is 0 Å². The lowest BCUT2D eigenvalue weighted by atomic mass is 9.97. The van der Waals surface area contributed by atoms with E-state index in [-0.39, 0.29) is 18.3 Å². The third kappa shape index (κ3) is 14.2. The lowest BCUT2D eigenvalue weighted by molar-refractivity contribution is -0.436. The molecule has 0 bridgehead atoms. The molecular weight excluding hydrogens is 556 g/mol. The molecule has 0 saturated heterocycles. The summed E-state index contributed by atoms with van der Waals surface area (Å²) in [6.07, 6.45) is 27.3. The Hall–Kier alpha value is -0.990. The van der Waals surface area contributed by atoms with Gasteiger partial charge in [-0.2, -0.15) is 0 Å². The van der Waals surface area contributed by atoms with E-state index in [1.807, 2.05) is 0 Å². The van der Waals surface area contributed by atoms with Crippen molar-refractivity contribution in [1.82, 2.24) is 0 Å². The third-order valence-electron chi connectivity index (χ3n) is 9.95. The van der Waals surface area contributed by atoms with E-state index in [4.69, 9.17) is 18.9 Å². The summed E-state index contributed by atoms with van der Waals surface area (Å²) in [5.74, 6) is -2.65. The van der Waals surface area contributed by atoms with Gasteiger partial charge >= 0.3 is 11.9 Å². The van der Waals surface area contributed by atoms with Crippen LogP contribution in [0.3, 0.4) is 0 Å². The molecule has 256 valence electrons. The molecular formula is C37H66O7. The van der Waals surface area contributed by atoms with Crippen LogP contribution in [-0.4, -0.2) is 59.3 Å². The molecule has 7 heteroatoms. The molecule has 0 aromatic heterocycles. The average Bonchev–Trinajstić information content (AvgIpc) is 3.04. The summed E-state index contributed by atoms with van der Waals surface area (Å²) in [5, 5.41) is 21.9. The van der Waals surface area contributed by atoms with Gasteiger partial charge < -0.3 is 29.2 Å². The third-order valence-corrected chi connectivity index (χ3v) is 9.95.